The van der Waals surface area contributed by atoms with Crippen LogP contribution in [0.1, 0.15) is 73.6 Å². The first kappa shape index (κ1) is 33.9. The van der Waals surface area contributed by atoms with Gasteiger partial charge in [-0.15, -0.1) is 0 Å². The Morgan fingerprint density at radius 1 is 0.333 bits per heavy atom. The largest absolute Gasteiger partial charge is 0.310 e. The second-order valence-electron chi connectivity index (χ2n) is 17.4. The van der Waals surface area contributed by atoms with Crippen molar-refractivity contribution in [2.45, 2.75) is 50.9 Å². The molecule has 1 nitrogen and oxygen atoms in total. The molecule has 8 aromatic rings. The normalized spacial score (nSPS) is 17.2. The van der Waals surface area contributed by atoms with E-state index in [0.29, 0.717) is 0 Å². The molecular weight excluding hydrogens is 687 g/mol. The van der Waals surface area contributed by atoms with Crippen LogP contribution >= 0.6 is 0 Å². The van der Waals surface area contributed by atoms with Crippen molar-refractivity contribution in [2.24, 2.45) is 0 Å². The van der Waals surface area contributed by atoms with Gasteiger partial charge in [0.25, 0.3) is 0 Å². The van der Waals surface area contributed by atoms with Crippen molar-refractivity contribution in [1.29, 1.82) is 0 Å². The minimum atomic E-state index is -0.368. The average Bonchev–Trinajstić information content (AvgIpc) is 3.76. The molecule has 1 heteroatoms. The zero-order valence-electron chi connectivity index (χ0n) is 33.3. The molecule has 0 fully saturated rings. The van der Waals surface area contributed by atoms with E-state index in [1.807, 2.05) is 0 Å². The fourth-order valence-electron chi connectivity index (χ4n) is 10.8. The summed E-state index contributed by atoms with van der Waals surface area (Å²) in [4.78, 5) is 2.56. The van der Waals surface area contributed by atoms with E-state index in [9.17, 15) is 0 Å². The molecule has 8 aromatic carbocycles. The molecular formula is C56H45N. The summed E-state index contributed by atoms with van der Waals surface area (Å²) in [6.45, 7) is 12.0. The summed E-state index contributed by atoms with van der Waals surface area (Å²) in [6.07, 6.45) is 0. The average molecular weight is 732 g/mol. The summed E-state index contributed by atoms with van der Waals surface area (Å²) < 4.78 is 0. The molecule has 1 unspecified atom stereocenters. The first-order valence-corrected chi connectivity index (χ1v) is 20.4. The van der Waals surface area contributed by atoms with Gasteiger partial charge >= 0.3 is 0 Å². The molecule has 0 saturated carbocycles. The Hall–Kier alpha value is -6.44. The lowest BCUT2D eigenvalue weighted by atomic mass is 9.74. The van der Waals surface area contributed by atoms with Crippen LogP contribution < -0.4 is 4.90 Å². The molecule has 1 atom stereocenters. The quantitative estimate of drug-likeness (QED) is 0.170. The molecule has 3 aliphatic rings. The Kier molecular flexibility index (Phi) is 7.15. The van der Waals surface area contributed by atoms with E-state index in [1.54, 1.807) is 0 Å². The molecule has 0 saturated heterocycles. The summed E-state index contributed by atoms with van der Waals surface area (Å²) in [5, 5.41) is 0. The van der Waals surface area contributed by atoms with E-state index in [-0.39, 0.29) is 16.2 Å². The first-order chi connectivity index (χ1) is 27.7. The number of hydrogen-bond acceptors (Lipinski definition) is 1. The number of benzene rings is 8. The van der Waals surface area contributed by atoms with Crippen molar-refractivity contribution in [2.75, 3.05) is 4.90 Å². The van der Waals surface area contributed by atoms with Gasteiger partial charge in [-0.25, -0.2) is 0 Å². The van der Waals surface area contributed by atoms with Crippen molar-refractivity contribution in [3.63, 3.8) is 0 Å². The highest BCUT2D eigenvalue weighted by molar-refractivity contribution is 5.98. The maximum atomic E-state index is 2.56. The van der Waals surface area contributed by atoms with Gasteiger partial charge in [0.2, 0.25) is 0 Å². The van der Waals surface area contributed by atoms with Gasteiger partial charge in [-0.1, -0.05) is 179 Å². The number of rotatable bonds is 5. The third-order valence-electron chi connectivity index (χ3n) is 13.8. The maximum Gasteiger partial charge on any atom is 0.0543 e. The molecule has 0 radical (unpaired) electrons. The van der Waals surface area contributed by atoms with Gasteiger partial charge in [0.05, 0.1) is 5.69 Å². The minimum Gasteiger partial charge on any atom is -0.310 e. The Morgan fingerprint density at radius 2 is 0.825 bits per heavy atom. The summed E-state index contributed by atoms with van der Waals surface area (Å²) in [5.41, 5.74) is 22.9. The molecule has 274 valence electrons. The van der Waals surface area contributed by atoms with Crippen LogP contribution in [0.25, 0.3) is 44.5 Å². The molecule has 0 spiro atoms. The minimum absolute atomic E-state index is 0.117. The molecule has 0 bridgehead atoms. The summed E-state index contributed by atoms with van der Waals surface area (Å²) in [6, 6.07) is 68.3. The van der Waals surface area contributed by atoms with Crippen LogP contribution in [0.3, 0.4) is 0 Å². The zero-order valence-corrected chi connectivity index (χ0v) is 33.3. The van der Waals surface area contributed by atoms with Crippen molar-refractivity contribution in [1.82, 2.24) is 0 Å². The van der Waals surface area contributed by atoms with Crippen LogP contribution in [0.15, 0.2) is 182 Å². The Morgan fingerprint density at radius 3 is 1.56 bits per heavy atom. The highest BCUT2D eigenvalue weighted by Crippen LogP contribution is 2.59. The Balaban J connectivity index is 1.19. The standard InChI is InChI=1S/C56H45N/c1-54(2)46-26-15-13-23-43(46)53-47(54)27-17-29-51(53)57(38-30-32-42-41-22-12-14-25-45(41)55(3,4)49(42)34-38)39-31-33-44-50(35-39)56(5,37-20-10-7-11-21-37)48-28-16-24-40(52(44)48)36-18-8-6-9-19-36/h6-35H,1-5H3. The van der Waals surface area contributed by atoms with Gasteiger partial charge < -0.3 is 4.90 Å². The summed E-state index contributed by atoms with van der Waals surface area (Å²) >= 11 is 0. The van der Waals surface area contributed by atoms with E-state index in [2.05, 4.69) is 222 Å². The SMILES string of the molecule is CC1(C)c2ccccc2-c2ccc(N(c3ccc4c(c3)C(C)(c3ccccc3)c3cccc(-c5ccccc5)c3-4)c3cccc4c3-c3ccccc3C4(C)C)cc21. The van der Waals surface area contributed by atoms with Crippen LogP contribution in [0.5, 0.6) is 0 Å². The van der Waals surface area contributed by atoms with Crippen molar-refractivity contribution in [3.05, 3.63) is 221 Å². The third kappa shape index (κ3) is 4.63. The molecule has 3 aliphatic carbocycles. The van der Waals surface area contributed by atoms with Crippen molar-refractivity contribution in [3.8, 4) is 44.5 Å². The molecule has 0 amide bonds. The lowest BCUT2D eigenvalue weighted by Gasteiger charge is -2.32. The number of fused-ring (bicyclic) bond motifs is 9. The van der Waals surface area contributed by atoms with Crippen molar-refractivity contribution >= 4 is 17.1 Å². The zero-order chi connectivity index (χ0) is 38.7. The molecule has 0 heterocycles. The molecule has 0 aromatic heterocycles. The van der Waals surface area contributed by atoms with E-state index in [1.165, 1.54) is 94.8 Å². The molecule has 11 rings (SSSR count). The van der Waals surface area contributed by atoms with Crippen LogP contribution in [-0.2, 0) is 16.2 Å². The maximum absolute atomic E-state index is 2.56. The Labute approximate surface area is 336 Å². The topological polar surface area (TPSA) is 3.24 Å². The van der Waals surface area contributed by atoms with E-state index < -0.39 is 0 Å². The molecule has 0 N–H and O–H groups in total. The molecule has 0 aliphatic heterocycles. The first-order valence-electron chi connectivity index (χ1n) is 20.4. The fraction of sp³-hybridized carbons (Fsp3) is 0.143. The Bertz CT molecular complexity index is 2910. The van der Waals surface area contributed by atoms with Crippen LogP contribution in [0.4, 0.5) is 17.1 Å². The van der Waals surface area contributed by atoms with Gasteiger partial charge in [-0.05, 0) is 115 Å². The second-order valence-corrected chi connectivity index (χ2v) is 17.4. The van der Waals surface area contributed by atoms with E-state index in [4.69, 9.17) is 0 Å². The summed E-state index contributed by atoms with van der Waals surface area (Å²) in [5.74, 6) is 0. The van der Waals surface area contributed by atoms with E-state index in [0.717, 1.165) is 5.69 Å². The predicted octanol–water partition coefficient (Wildman–Crippen LogP) is 14.8. The van der Waals surface area contributed by atoms with Crippen LogP contribution in [0, 0.1) is 0 Å². The fourth-order valence-corrected chi connectivity index (χ4v) is 10.8. The van der Waals surface area contributed by atoms with Gasteiger partial charge in [0.15, 0.2) is 0 Å². The number of anilines is 3. The smallest absolute Gasteiger partial charge is 0.0543 e. The van der Waals surface area contributed by atoms with Gasteiger partial charge in [0, 0.05) is 33.2 Å². The van der Waals surface area contributed by atoms with E-state index >= 15 is 0 Å². The van der Waals surface area contributed by atoms with Crippen molar-refractivity contribution < 1.29 is 0 Å². The van der Waals surface area contributed by atoms with Gasteiger partial charge in [0.1, 0.15) is 0 Å². The number of nitrogens with zero attached hydrogens (tertiary/aromatic N) is 1. The number of hydrogen-bond donors (Lipinski definition) is 0. The van der Waals surface area contributed by atoms with Gasteiger partial charge in [-0.3, -0.25) is 0 Å². The van der Waals surface area contributed by atoms with Crippen LogP contribution in [-0.4, -0.2) is 0 Å². The predicted molar refractivity (Wildman–Crippen MR) is 239 cm³/mol. The highest BCUT2D eigenvalue weighted by Gasteiger charge is 2.43. The summed E-state index contributed by atoms with van der Waals surface area (Å²) in [7, 11) is 0. The second kappa shape index (κ2) is 12.0. The monoisotopic (exact) mass is 731 g/mol. The van der Waals surface area contributed by atoms with Crippen LogP contribution in [0.2, 0.25) is 0 Å². The molecule has 57 heavy (non-hydrogen) atoms. The highest BCUT2D eigenvalue weighted by atomic mass is 15.1. The van der Waals surface area contributed by atoms with Gasteiger partial charge in [-0.2, -0.15) is 0 Å². The third-order valence-corrected chi connectivity index (χ3v) is 13.8. The lowest BCUT2D eigenvalue weighted by Crippen LogP contribution is -2.23. The lowest BCUT2D eigenvalue weighted by molar-refractivity contribution is 0.660.